The number of halogens is 1. The Morgan fingerprint density at radius 3 is 2.55 bits per heavy atom. The zero-order valence-electron chi connectivity index (χ0n) is 15.6. The lowest BCUT2D eigenvalue weighted by atomic mass is 10.2. The minimum absolute atomic E-state index is 0.0818. The summed E-state index contributed by atoms with van der Waals surface area (Å²) in [5.74, 6) is -0.160. The summed E-state index contributed by atoms with van der Waals surface area (Å²) in [6.45, 7) is 2.46. The van der Waals surface area contributed by atoms with Crippen molar-refractivity contribution in [3.8, 4) is 5.75 Å². The van der Waals surface area contributed by atoms with Gasteiger partial charge in [0.25, 0.3) is 11.8 Å². The van der Waals surface area contributed by atoms with E-state index in [2.05, 4.69) is 26.6 Å². The Labute approximate surface area is 176 Å². The van der Waals surface area contributed by atoms with E-state index in [1.807, 2.05) is 31.2 Å². The number of furan rings is 1. The zero-order valence-corrected chi connectivity index (χ0v) is 17.2. The summed E-state index contributed by atoms with van der Waals surface area (Å²) in [7, 11) is 0. The van der Waals surface area contributed by atoms with E-state index < -0.39 is 11.8 Å². The Kier molecular flexibility index (Phi) is 6.86. The Hall–Kier alpha value is -3.32. The largest absolute Gasteiger partial charge is 0.494 e. The van der Waals surface area contributed by atoms with Gasteiger partial charge in [-0.25, -0.2) is 0 Å². The molecule has 0 fully saturated rings. The molecule has 148 valence electrons. The van der Waals surface area contributed by atoms with Crippen molar-refractivity contribution in [1.29, 1.82) is 0 Å². The molecule has 3 aromatic rings. The quantitative estimate of drug-likeness (QED) is 0.500. The van der Waals surface area contributed by atoms with Gasteiger partial charge in [-0.2, -0.15) is 0 Å². The zero-order chi connectivity index (χ0) is 20.6. The first kappa shape index (κ1) is 20.4. The first-order chi connectivity index (χ1) is 14.0. The molecule has 0 unspecified atom stereocenters. The molecule has 6 nitrogen and oxygen atoms in total. The van der Waals surface area contributed by atoms with Crippen LogP contribution in [0.5, 0.6) is 5.75 Å². The molecule has 0 aliphatic heterocycles. The minimum Gasteiger partial charge on any atom is -0.494 e. The van der Waals surface area contributed by atoms with E-state index in [0.29, 0.717) is 18.0 Å². The van der Waals surface area contributed by atoms with Gasteiger partial charge >= 0.3 is 0 Å². The monoisotopic (exact) mass is 454 g/mol. The van der Waals surface area contributed by atoms with E-state index in [0.717, 1.165) is 10.0 Å². The number of ether oxygens (including phenoxy) is 1. The van der Waals surface area contributed by atoms with Crippen LogP contribution in [-0.4, -0.2) is 18.4 Å². The average molecular weight is 455 g/mol. The van der Waals surface area contributed by atoms with Gasteiger partial charge in [0.1, 0.15) is 11.4 Å². The third kappa shape index (κ3) is 5.83. The summed E-state index contributed by atoms with van der Waals surface area (Å²) >= 11 is 3.40. The summed E-state index contributed by atoms with van der Waals surface area (Å²) in [5, 5.41) is 5.39. The predicted octanol–water partition coefficient (Wildman–Crippen LogP) is 4.85. The van der Waals surface area contributed by atoms with Crippen molar-refractivity contribution in [2.75, 3.05) is 11.9 Å². The van der Waals surface area contributed by atoms with Gasteiger partial charge in [0.2, 0.25) is 0 Å². The number of hydrogen-bond donors (Lipinski definition) is 2. The third-order valence-corrected chi connectivity index (χ3v) is 4.31. The van der Waals surface area contributed by atoms with Gasteiger partial charge in [0.15, 0.2) is 5.76 Å². The molecule has 0 aliphatic carbocycles. The summed E-state index contributed by atoms with van der Waals surface area (Å²) in [6, 6.07) is 17.5. The minimum atomic E-state index is -0.516. The molecule has 0 bridgehead atoms. The van der Waals surface area contributed by atoms with E-state index in [1.165, 1.54) is 12.3 Å². The van der Waals surface area contributed by atoms with E-state index >= 15 is 0 Å². The first-order valence-corrected chi connectivity index (χ1v) is 9.71. The van der Waals surface area contributed by atoms with Crippen LogP contribution in [0, 0.1) is 0 Å². The average Bonchev–Trinajstić information content (AvgIpc) is 3.24. The fourth-order valence-electron chi connectivity index (χ4n) is 2.51. The van der Waals surface area contributed by atoms with Crippen molar-refractivity contribution >= 4 is 39.5 Å². The van der Waals surface area contributed by atoms with Crippen LogP contribution in [-0.2, 0) is 4.79 Å². The maximum Gasteiger partial charge on any atom is 0.291 e. The fraction of sp³-hybridized carbons (Fsp3) is 0.0909. The molecule has 0 radical (unpaired) electrons. The summed E-state index contributed by atoms with van der Waals surface area (Å²) in [5.41, 5.74) is 1.40. The number of carbonyl (C=O) groups is 2. The van der Waals surface area contributed by atoms with Crippen molar-refractivity contribution in [1.82, 2.24) is 5.32 Å². The maximum absolute atomic E-state index is 12.8. The Morgan fingerprint density at radius 2 is 1.90 bits per heavy atom. The second-order valence-electron chi connectivity index (χ2n) is 5.96. The van der Waals surface area contributed by atoms with Gasteiger partial charge in [0, 0.05) is 10.2 Å². The molecule has 0 spiro atoms. The second-order valence-corrected chi connectivity index (χ2v) is 6.87. The van der Waals surface area contributed by atoms with Crippen LogP contribution in [0.25, 0.3) is 6.08 Å². The molecule has 0 aliphatic rings. The highest BCUT2D eigenvalue weighted by Crippen LogP contribution is 2.18. The summed E-state index contributed by atoms with van der Waals surface area (Å²) in [6.07, 6.45) is 2.99. The second kappa shape index (κ2) is 9.75. The van der Waals surface area contributed by atoms with Crippen LogP contribution < -0.4 is 15.4 Å². The SMILES string of the molecule is CCOc1ccc(NC(=O)C(=Cc2cccc(Br)c2)NC(=O)c2ccco2)cc1. The third-order valence-electron chi connectivity index (χ3n) is 3.82. The molecule has 2 aromatic carbocycles. The van der Waals surface area contributed by atoms with E-state index in [4.69, 9.17) is 9.15 Å². The number of nitrogens with one attached hydrogen (secondary N) is 2. The van der Waals surface area contributed by atoms with Crippen LogP contribution in [0.15, 0.2) is 81.5 Å². The highest BCUT2D eigenvalue weighted by atomic mass is 79.9. The molecular formula is C22H19BrN2O4. The molecule has 7 heteroatoms. The van der Waals surface area contributed by atoms with Gasteiger partial charge in [-0.05, 0) is 67.1 Å². The predicted molar refractivity (Wildman–Crippen MR) is 115 cm³/mol. The van der Waals surface area contributed by atoms with Crippen molar-refractivity contribution in [2.24, 2.45) is 0 Å². The van der Waals surface area contributed by atoms with E-state index in [1.54, 1.807) is 36.4 Å². The molecule has 0 saturated carbocycles. The lowest BCUT2D eigenvalue weighted by Crippen LogP contribution is -2.30. The molecule has 1 heterocycles. The molecule has 1 aromatic heterocycles. The summed E-state index contributed by atoms with van der Waals surface area (Å²) in [4.78, 5) is 25.2. The van der Waals surface area contributed by atoms with Gasteiger partial charge in [0.05, 0.1) is 12.9 Å². The number of anilines is 1. The van der Waals surface area contributed by atoms with Crippen LogP contribution in [0.4, 0.5) is 5.69 Å². The number of amides is 2. The van der Waals surface area contributed by atoms with Gasteiger partial charge < -0.3 is 19.8 Å². The van der Waals surface area contributed by atoms with Gasteiger partial charge in [-0.1, -0.05) is 28.1 Å². The van der Waals surface area contributed by atoms with Crippen LogP contribution in [0.2, 0.25) is 0 Å². The van der Waals surface area contributed by atoms with Gasteiger partial charge in [-0.3, -0.25) is 9.59 Å². The molecule has 3 rings (SSSR count). The lowest BCUT2D eigenvalue weighted by Gasteiger charge is -2.11. The molecule has 2 amide bonds. The van der Waals surface area contributed by atoms with Crippen molar-refractivity contribution in [3.05, 3.63) is 88.4 Å². The summed E-state index contributed by atoms with van der Waals surface area (Å²) < 4.78 is 11.4. The fourth-order valence-corrected chi connectivity index (χ4v) is 2.93. The first-order valence-electron chi connectivity index (χ1n) is 8.91. The number of benzene rings is 2. The highest BCUT2D eigenvalue weighted by molar-refractivity contribution is 9.10. The van der Waals surface area contributed by atoms with Crippen LogP contribution in [0.3, 0.4) is 0 Å². The Balaban J connectivity index is 1.83. The van der Waals surface area contributed by atoms with Crippen LogP contribution in [0.1, 0.15) is 23.0 Å². The molecular weight excluding hydrogens is 436 g/mol. The van der Waals surface area contributed by atoms with Crippen molar-refractivity contribution in [2.45, 2.75) is 6.92 Å². The molecule has 0 atom stereocenters. The lowest BCUT2D eigenvalue weighted by molar-refractivity contribution is -0.113. The highest BCUT2D eigenvalue weighted by Gasteiger charge is 2.16. The van der Waals surface area contributed by atoms with Crippen LogP contribution >= 0.6 is 15.9 Å². The topological polar surface area (TPSA) is 80.6 Å². The Bertz CT molecular complexity index is 1010. The maximum atomic E-state index is 12.8. The smallest absolute Gasteiger partial charge is 0.291 e. The number of carbonyl (C=O) groups excluding carboxylic acids is 2. The Morgan fingerprint density at radius 1 is 1.10 bits per heavy atom. The molecule has 29 heavy (non-hydrogen) atoms. The standard InChI is InChI=1S/C22H19BrN2O4/c1-2-28-18-10-8-17(9-11-18)24-21(26)19(14-15-5-3-6-16(23)13-15)25-22(27)20-7-4-12-29-20/h3-14H,2H2,1H3,(H,24,26)(H,25,27). The molecule has 0 saturated heterocycles. The van der Waals surface area contributed by atoms with E-state index in [-0.39, 0.29) is 11.5 Å². The number of rotatable bonds is 7. The molecule has 2 N–H and O–H groups in total. The normalized spacial score (nSPS) is 11.0. The van der Waals surface area contributed by atoms with Crippen molar-refractivity contribution in [3.63, 3.8) is 0 Å². The number of hydrogen-bond acceptors (Lipinski definition) is 4. The van der Waals surface area contributed by atoms with Gasteiger partial charge in [-0.15, -0.1) is 0 Å². The van der Waals surface area contributed by atoms with E-state index in [9.17, 15) is 9.59 Å². The van der Waals surface area contributed by atoms with Crippen molar-refractivity contribution < 1.29 is 18.7 Å².